The van der Waals surface area contributed by atoms with Crippen molar-refractivity contribution in [2.75, 3.05) is 7.11 Å². The SMILES string of the molecule is COc1cccc(C)c1C(=O)NC(c1cnc2ccccc2c1)C1CC(O)C1. The first-order valence-corrected chi connectivity index (χ1v) is 9.54. The van der Waals surface area contributed by atoms with E-state index < -0.39 is 0 Å². The quantitative estimate of drug-likeness (QED) is 0.711. The molecule has 0 aliphatic heterocycles. The number of nitrogens with zero attached hydrogens (tertiary/aromatic N) is 1. The van der Waals surface area contributed by atoms with Crippen molar-refractivity contribution >= 4 is 16.8 Å². The summed E-state index contributed by atoms with van der Waals surface area (Å²) in [5.41, 5.74) is 3.28. The van der Waals surface area contributed by atoms with Crippen molar-refractivity contribution in [1.29, 1.82) is 0 Å². The topological polar surface area (TPSA) is 71.5 Å². The molecule has 5 heteroatoms. The third-order valence-electron chi connectivity index (χ3n) is 5.56. The average molecular weight is 376 g/mol. The van der Waals surface area contributed by atoms with Crippen molar-refractivity contribution in [3.8, 4) is 5.75 Å². The van der Waals surface area contributed by atoms with E-state index in [0.717, 1.165) is 22.0 Å². The number of nitrogens with one attached hydrogen (secondary N) is 1. The molecular weight excluding hydrogens is 352 g/mol. The summed E-state index contributed by atoms with van der Waals surface area (Å²) >= 11 is 0. The van der Waals surface area contributed by atoms with Crippen LogP contribution < -0.4 is 10.1 Å². The van der Waals surface area contributed by atoms with Gasteiger partial charge in [-0.25, -0.2) is 0 Å². The summed E-state index contributed by atoms with van der Waals surface area (Å²) in [7, 11) is 1.57. The molecule has 1 heterocycles. The highest BCUT2D eigenvalue weighted by atomic mass is 16.5. The van der Waals surface area contributed by atoms with Crippen LogP contribution >= 0.6 is 0 Å². The van der Waals surface area contributed by atoms with Crippen LogP contribution in [0.1, 0.15) is 40.4 Å². The van der Waals surface area contributed by atoms with Gasteiger partial charge in [-0.2, -0.15) is 0 Å². The van der Waals surface area contributed by atoms with Crippen LogP contribution in [0.15, 0.2) is 54.7 Å². The molecule has 0 spiro atoms. The van der Waals surface area contributed by atoms with E-state index in [-0.39, 0.29) is 24.0 Å². The first kappa shape index (κ1) is 18.4. The molecule has 28 heavy (non-hydrogen) atoms. The lowest BCUT2D eigenvalue weighted by molar-refractivity contribution is 0.0234. The van der Waals surface area contributed by atoms with Gasteiger partial charge in [0.05, 0.1) is 30.3 Å². The third kappa shape index (κ3) is 3.45. The summed E-state index contributed by atoms with van der Waals surface area (Å²) in [6.07, 6.45) is 2.86. The van der Waals surface area contributed by atoms with Crippen LogP contribution in [0.2, 0.25) is 0 Å². The first-order valence-electron chi connectivity index (χ1n) is 9.54. The normalized spacial score (nSPS) is 19.7. The number of carbonyl (C=O) groups is 1. The van der Waals surface area contributed by atoms with Crippen LogP contribution in [0.5, 0.6) is 5.75 Å². The van der Waals surface area contributed by atoms with Crippen molar-refractivity contribution in [3.63, 3.8) is 0 Å². The molecule has 144 valence electrons. The fraction of sp³-hybridized carbons (Fsp3) is 0.304. The van der Waals surface area contributed by atoms with Crippen molar-refractivity contribution in [2.24, 2.45) is 5.92 Å². The number of methoxy groups -OCH3 is 1. The zero-order valence-electron chi connectivity index (χ0n) is 16.1. The van der Waals surface area contributed by atoms with Crippen molar-refractivity contribution in [3.05, 3.63) is 71.4 Å². The lowest BCUT2D eigenvalue weighted by Crippen LogP contribution is -2.41. The lowest BCUT2D eigenvalue weighted by atomic mass is 9.75. The van der Waals surface area contributed by atoms with Crippen molar-refractivity contribution in [1.82, 2.24) is 10.3 Å². The monoisotopic (exact) mass is 376 g/mol. The Bertz CT molecular complexity index is 1010. The van der Waals surface area contributed by atoms with E-state index >= 15 is 0 Å². The van der Waals surface area contributed by atoms with E-state index in [1.54, 1.807) is 13.2 Å². The first-order chi connectivity index (χ1) is 13.6. The summed E-state index contributed by atoms with van der Waals surface area (Å²) < 4.78 is 5.40. The Hall–Kier alpha value is -2.92. The van der Waals surface area contributed by atoms with Crippen LogP contribution in [0, 0.1) is 12.8 Å². The van der Waals surface area contributed by atoms with Gasteiger partial charge in [-0.3, -0.25) is 9.78 Å². The molecule has 1 saturated carbocycles. The second-order valence-corrected chi connectivity index (χ2v) is 7.45. The maximum absolute atomic E-state index is 13.1. The molecule has 0 radical (unpaired) electrons. The molecule has 1 aliphatic carbocycles. The van der Waals surface area contributed by atoms with Gasteiger partial charge in [-0.1, -0.05) is 30.3 Å². The molecule has 1 atom stereocenters. The maximum Gasteiger partial charge on any atom is 0.255 e. The third-order valence-corrected chi connectivity index (χ3v) is 5.56. The number of aliphatic hydroxyl groups excluding tert-OH is 1. The van der Waals surface area contributed by atoms with Crippen molar-refractivity contribution in [2.45, 2.75) is 31.9 Å². The van der Waals surface area contributed by atoms with Crippen LogP contribution in [0.3, 0.4) is 0 Å². The molecule has 0 saturated heterocycles. The van der Waals surface area contributed by atoms with Gasteiger partial charge in [0.15, 0.2) is 0 Å². The minimum atomic E-state index is -0.300. The van der Waals surface area contributed by atoms with Gasteiger partial charge in [0, 0.05) is 11.6 Å². The van der Waals surface area contributed by atoms with Gasteiger partial charge in [-0.15, -0.1) is 0 Å². The second-order valence-electron chi connectivity index (χ2n) is 7.45. The lowest BCUT2D eigenvalue weighted by Gasteiger charge is -2.38. The molecule has 2 N–H and O–H groups in total. The van der Waals surface area contributed by atoms with E-state index in [1.165, 1.54) is 0 Å². The summed E-state index contributed by atoms with van der Waals surface area (Å²) in [6.45, 7) is 1.90. The largest absolute Gasteiger partial charge is 0.496 e. The highest BCUT2D eigenvalue weighted by Gasteiger charge is 2.36. The van der Waals surface area contributed by atoms with Crippen LogP contribution in [-0.2, 0) is 0 Å². The molecule has 4 rings (SSSR count). The van der Waals surface area contributed by atoms with Crippen LogP contribution in [-0.4, -0.2) is 29.2 Å². The fourth-order valence-corrected chi connectivity index (χ4v) is 3.95. The molecule has 5 nitrogen and oxygen atoms in total. The Labute approximate surface area is 164 Å². The highest BCUT2D eigenvalue weighted by Crippen LogP contribution is 2.39. The molecule has 2 aromatic carbocycles. The van der Waals surface area contributed by atoms with Crippen LogP contribution in [0.25, 0.3) is 10.9 Å². The van der Waals surface area contributed by atoms with E-state index in [9.17, 15) is 9.90 Å². The fourth-order valence-electron chi connectivity index (χ4n) is 3.95. The van der Waals surface area contributed by atoms with E-state index in [4.69, 9.17) is 4.74 Å². The predicted octanol–water partition coefficient (Wildman–Crippen LogP) is 3.79. The minimum Gasteiger partial charge on any atom is -0.496 e. The van der Waals surface area contributed by atoms with Crippen LogP contribution in [0.4, 0.5) is 0 Å². The predicted molar refractivity (Wildman–Crippen MR) is 108 cm³/mol. The zero-order valence-corrected chi connectivity index (χ0v) is 16.1. The standard InChI is InChI=1S/C23H24N2O3/c1-14-6-5-9-20(28-2)21(14)23(27)25-22(16-11-18(26)12-16)17-10-15-7-3-4-8-19(15)24-13-17/h3-10,13,16,18,22,26H,11-12H2,1-2H3,(H,25,27). The number of amides is 1. The number of fused-ring (bicyclic) bond motifs is 1. The molecule has 3 aromatic rings. The van der Waals surface area contributed by atoms with Gasteiger partial charge >= 0.3 is 0 Å². The van der Waals surface area contributed by atoms with Gasteiger partial charge in [0.2, 0.25) is 0 Å². The minimum absolute atomic E-state index is 0.172. The van der Waals surface area contributed by atoms with Gasteiger partial charge in [0.1, 0.15) is 5.75 Å². The molecule has 1 fully saturated rings. The molecular formula is C23H24N2O3. The molecule has 1 unspecified atom stereocenters. The smallest absolute Gasteiger partial charge is 0.255 e. The van der Waals surface area contributed by atoms with E-state index in [1.807, 2.05) is 49.5 Å². The number of para-hydroxylation sites is 1. The van der Waals surface area contributed by atoms with E-state index in [2.05, 4.69) is 16.4 Å². The number of ether oxygens (including phenoxy) is 1. The number of carbonyl (C=O) groups excluding carboxylic acids is 1. The number of aromatic nitrogens is 1. The summed E-state index contributed by atoms with van der Waals surface area (Å²) in [4.78, 5) is 17.7. The molecule has 1 amide bonds. The number of aliphatic hydroxyl groups is 1. The Morgan fingerprint density at radius 3 is 2.75 bits per heavy atom. The van der Waals surface area contributed by atoms with Gasteiger partial charge in [-0.05, 0) is 55.0 Å². The summed E-state index contributed by atoms with van der Waals surface area (Å²) in [5, 5.41) is 14.0. The number of pyridine rings is 1. The Kier molecular flexibility index (Phi) is 5.01. The number of aryl methyl sites for hydroxylation is 1. The van der Waals surface area contributed by atoms with Gasteiger partial charge < -0.3 is 15.2 Å². The maximum atomic E-state index is 13.1. The van der Waals surface area contributed by atoms with Gasteiger partial charge in [0.25, 0.3) is 5.91 Å². The number of hydrogen-bond donors (Lipinski definition) is 2. The summed E-state index contributed by atoms with van der Waals surface area (Å²) in [6, 6.07) is 15.4. The van der Waals surface area contributed by atoms with Crippen molar-refractivity contribution < 1.29 is 14.6 Å². The van der Waals surface area contributed by atoms with E-state index in [0.29, 0.717) is 24.2 Å². The zero-order chi connectivity index (χ0) is 19.7. The summed E-state index contributed by atoms with van der Waals surface area (Å²) in [5.74, 6) is 0.563. The highest BCUT2D eigenvalue weighted by molar-refractivity contribution is 5.98. The number of benzene rings is 2. The molecule has 0 bridgehead atoms. The molecule has 1 aliphatic rings. The number of hydrogen-bond acceptors (Lipinski definition) is 4. The Balaban J connectivity index is 1.68. The molecule has 1 aromatic heterocycles. The Morgan fingerprint density at radius 1 is 1.21 bits per heavy atom. The Morgan fingerprint density at radius 2 is 2.00 bits per heavy atom. The number of rotatable bonds is 5. The average Bonchev–Trinajstić information content (AvgIpc) is 2.69. The second kappa shape index (κ2) is 7.60.